The van der Waals surface area contributed by atoms with E-state index in [0.29, 0.717) is 40.2 Å². The number of carbonyl (C=O) groups is 1. The van der Waals surface area contributed by atoms with Crippen LogP contribution in [0.5, 0.6) is 28.7 Å². The summed E-state index contributed by atoms with van der Waals surface area (Å²) >= 11 is 5.87. The van der Waals surface area contributed by atoms with Crippen LogP contribution in [0.3, 0.4) is 0 Å². The molecule has 9 heteroatoms. The number of rotatable bonds is 11. The Morgan fingerprint density at radius 2 is 1.79 bits per heavy atom. The molecule has 8 nitrogen and oxygen atoms in total. The topological polar surface area (TPSA) is 113 Å². The summed E-state index contributed by atoms with van der Waals surface area (Å²) in [6.07, 6.45) is 3.14. The van der Waals surface area contributed by atoms with Crippen LogP contribution in [-0.4, -0.2) is 26.3 Å². The molecule has 1 unspecified atom stereocenters. The lowest BCUT2D eigenvalue weighted by atomic mass is 9.83. The van der Waals surface area contributed by atoms with Gasteiger partial charge in [0.2, 0.25) is 5.88 Å². The van der Waals surface area contributed by atoms with Crippen LogP contribution in [0.2, 0.25) is 5.02 Å². The second kappa shape index (κ2) is 12.9. The Hall–Kier alpha value is -4.35. The van der Waals surface area contributed by atoms with Crippen LogP contribution in [0.15, 0.2) is 72.1 Å². The number of nitriles is 1. The SMILES string of the molecule is CCCCCOc1ccc(C2C(C#N)=C(N)Oc3cc(OC(=O)COc4ccc(Cl)cc4)ccc32)cc1OC. The Kier molecular flexibility index (Phi) is 9.18. The number of benzene rings is 3. The predicted molar refractivity (Wildman–Crippen MR) is 146 cm³/mol. The van der Waals surface area contributed by atoms with E-state index in [9.17, 15) is 10.1 Å². The van der Waals surface area contributed by atoms with Gasteiger partial charge in [-0.3, -0.25) is 0 Å². The van der Waals surface area contributed by atoms with E-state index in [2.05, 4.69) is 13.0 Å². The predicted octanol–water partition coefficient (Wildman–Crippen LogP) is 6.12. The number of hydrogen-bond donors (Lipinski definition) is 1. The molecule has 3 aromatic carbocycles. The molecule has 39 heavy (non-hydrogen) atoms. The van der Waals surface area contributed by atoms with Gasteiger partial charge in [0.25, 0.3) is 0 Å². The van der Waals surface area contributed by atoms with Crippen LogP contribution >= 0.6 is 11.6 Å². The normalized spacial score (nSPS) is 14.1. The van der Waals surface area contributed by atoms with Crippen molar-refractivity contribution in [3.05, 3.63) is 88.3 Å². The number of esters is 1. The highest BCUT2D eigenvalue weighted by atomic mass is 35.5. The summed E-state index contributed by atoms with van der Waals surface area (Å²) in [4.78, 5) is 12.4. The molecule has 2 N–H and O–H groups in total. The molecule has 0 bridgehead atoms. The van der Waals surface area contributed by atoms with Crippen molar-refractivity contribution in [2.75, 3.05) is 20.3 Å². The van der Waals surface area contributed by atoms with Gasteiger partial charge in [-0.25, -0.2) is 4.79 Å². The van der Waals surface area contributed by atoms with E-state index in [-0.39, 0.29) is 23.8 Å². The average Bonchev–Trinajstić information content (AvgIpc) is 2.94. The van der Waals surface area contributed by atoms with Gasteiger partial charge in [0.05, 0.1) is 19.6 Å². The number of allylic oxidation sites excluding steroid dienone is 1. The van der Waals surface area contributed by atoms with Gasteiger partial charge in [-0.05, 0) is 54.4 Å². The maximum absolute atomic E-state index is 12.4. The third-order valence-corrected chi connectivity index (χ3v) is 6.37. The fraction of sp³-hybridized carbons (Fsp3) is 0.267. The van der Waals surface area contributed by atoms with E-state index in [1.165, 1.54) is 0 Å². The van der Waals surface area contributed by atoms with Crippen molar-refractivity contribution < 1.29 is 28.5 Å². The molecule has 1 aliphatic heterocycles. The number of nitrogens with zero attached hydrogens (tertiary/aromatic N) is 1. The molecule has 0 saturated carbocycles. The first-order valence-corrected chi connectivity index (χ1v) is 12.9. The minimum Gasteiger partial charge on any atom is -0.493 e. The smallest absolute Gasteiger partial charge is 0.349 e. The third kappa shape index (κ3) is 6.75. The number of halogens is 1. The van der Waals surface area contributed by atoms with E-state index >= 15 is 0 Å². The molecule has 0 radical (unpaired) electrons. The summed E-state index contributed by atoms with van der Waals surface area (Å²) < 4.78 is 28.1. The largest absolute Gasteiger partial charge is 0.493 e. The Morgan fingerprint density at radius 1 is 1.03 bits per heavy atom. The van der Waals surface area contributed by atoms with E-state index in [0.717, 1.165) is 24.8 Å². The molecule has 4 rings (SSSR count). The lowest BCUT2D eigenvalue weighted by Crippen LogP contribution is -2.22. The van der Waals surface area contributed by atoms with E-state index in [1.807, 2.05) is 18.2 Å². The van der Waals surface area contributed by atoms with Gasteiger partial charge in [-0.1, -0.05) is 43.5 Å². The molecular weight excluding hydrogens is 520 g/mol. The fourth-order valence-electron chi connectivity index (χ4n) is 4.19. The summed E-state index contributed by atoms with van der Waals surface area (Å²) in [5.41, 5.74) is 7.88. The molecule has 1 heterocycles. The van der Waals surface area contributed by atoms with Crippen molar-refractivity contribution in [2.24, 2.45) is 5.73 Å². The molecule has 0 saturated heterocycles. The molecule has 202 valence electrons. The molecular formula is C30H29ClN2O6. The maximum Gasteiger partial charge on any atom is 0.349 e. The lowest BCUT2D eigenvalue weighted by Gasteiger charge is -2.27. The second-order valence-corrected chi connectivity index (χ2v) is 9.24. The number of carbonyl (C=O) groups excluding carboxylic acids is 1. The number of unbranched alkanes of at least 4 members (excludes halogenated alkanes) is 2. The third-order valence-electron chi connectivity index (χ3n) is 6.12. The van der Waals surface area contributed by atoms with Gasteiger partial charge >= 0.3 is 5.97 Å². The van der Waals surface area contributed by atoms with Crippen molar-refractivity contribution in [3.63, 3.8) is 0 Å². The zero-order valence-corrected chi connectivity index (χ0v) is 22.5. The van der Waals surface area contributed by atoms with Crippen molar-refractivity contribution in [1.82, 2.24) is 0 Å². The van der Waals surface area contributed by atoms with Gasteiger partial charge in [-0.2, -0.15) is 5.26 Å². The molecule has 0 spiro atoms. The number of nitrogens with two attached hydrogens (primary N) is 1. The van der Waals surface area contributed by atoms with Gasteiger partial charge < -0.3 is 29.4 Å². The van der Waals surface area contributed by atoms with Crippen molar-refractivity contribution in [2.45, 2.75) is 32.1 Å². The Morgan fingerprint density at radius 3 is 2.51 bits per heavy atom. The first kappa shape index (κ1) is 27.7. The zero-order chi connectivity index (χ0) is 27.8. The molecule has 0 amide bonds. The highest BCUT2D eigenvalue weighted by Crippen LogP contribution is 2.45. The lowest BCUT2D eigenvalue weighted by molar-refractivity contribution is -0.136. The Labute approximate surface area is 232 Å². The minimum absolute atomic E-state index is 0.0246. The van der Waals surface area contributed by atoms with E-state index in [1.54, 1.807) is 49.6 Å². The van der Waals surface area contributed by atoms with Crippen molar-refractivity contribution in [3.8, 4) is 34.8 Å². The Balaban J connectivity index is 1.54. The number of methoxy groups -OCH3 is 1. The zero-order valence-electron chi connectivity index (χ0n) is 21.7. The average molecular weight is 549 g/mol. The first-order chi connectivity index (χ1) is 18.9. The highest BCUT2D eigenvalue weighted by Gasteiger charge is 2.31. The van der Waals surface area contributed by atoms with Gasteiger partial charge in [-0.15, -0.1) is 0 Å². The highest BCUT2D eigenvalue weighted by molar-refractivity contribution is 6.30. The van der Waals surface area contributed by atoms with Gasteiger partial charge in [0.1, 0.15) is 28.9 Å². The van der Waals surface area contributed by atoms with Crippen LogP contribution < -0.4 is 29.4 Å². The van der Waals surface area contributed by atoms with E-state index < -0.39 is 11.9 Å². The number of ether oxygens (including phenoxy) is 5. The van der Waals surface area contributed by atoms with Gasteiger partial charge in [0, 0.05) is 16.7 Å². The molecule has 0 fully saturated rings. The molecule has 3 aromatic rings. The van der Waals surface area contributed by atoms with Crippen LogP contribution in [0.4, 0.5) is 0 Å². The summed E-state index contributed by atoms with van der Waals surface area (Å²) in [6, 6.07) is 19.3. The maximum atomic E-state index is 12.4. The number of fused-ring (bicyclic) bond motifs is 1. The van der Waals surface area contributed by atoms with Crippen LogP contribution in [0.25, 0.3) is 0 Å². The summed E-state index contributed by atoms with van der Waals surface area (Å²) in [5, 5.41) is 10.5. The Bertz CT molecular complexity index is 1400. The molecule has 0 aliphatic carbocycles. The summed E-state index contributed by atoms with van der Waals surface area (Å²) in [5.74, 6) is 1.16. The molecule has 0 aromatic heterocycles. The monoisotopic (exact) mass is 548 g/mol. The number of hydrogen-bond acceptors (Lipinski definition) is 8. The van der Waals surface area contributed by atoms with E-state index in [4.69, 9.17) is 41.0 Å². The fourth-order valence-corrected chi connectivity index (χ4v) is 4.32. The second-order valence-electron chi connectivity index (χ2n) is 8.81. The summed E-state index contributed by atoms with van der Waals surface area (Å²) in [7, 11) is 1.57. The summed E-state index contributed by atoms with van der Waals surface area (Å²) in [6.45, 7) is 2.43. The minimum atomic E-state index is -0.599. The van der Waals surface area contributed by atoms with Crippen LogP contribution in [0.1, 0.15) is 43.2 Å². The van der Waals surface area contributed by atoms with Crippen LogP contribution in [0, 0.1) is 11.3 Å². The first-order valence-electron chi connectivity index (χ1n) is 12.5. The van der Waals surface area contributed by atoms with Gasteiger partial charge in [0.15, 0.2) is 18.1 Å². The van der Waals surface area contributed by atoms with Crippen molar-refractivity contribution in [1.29, 1.82) is 5.26 Å². The molecule has 1 atom stereocenters. The standard InChI is InChI=1S/C30H29ClN2O6/c1-3-4-5-14-36-25-13-6-19(15-27(25)35-2)29-23-12-11-22(16-26(23)39-30(33)24(29)17-32)38-28(34)18-37-21-9-7-20(31)8-10-21/h6-13,15-16,29H,3-5,14,18,33H2,1-2H3. The quantitative estimate of drug-likeness (QED) is 0.173. The van der Waals surface area contributed by atoms with Crippen molar-refractivity contribution >= 4 is 17.6 Å². The van der Waals surface area contributed by atoms with Crippen LogP contribution in [-0.2, 0) is 4.79 Å². The molecule has 1 aliphatic rings.